The number of aromatic nitrogens is 2. The number of hydrogen-bond donors (Lipinski definition) is 4. The number of hydrazine groups is 1. The molecule has 1 rings (SSSR count). The zero-order valence-corrected chi connectivity index (χ0v) is 6.53. The van der Waals surface area contributed by atoms with Crippen LogP contribution in [0.4, 0.5) is 17.5 Å². The average Bonchev–Trinajstić information content (AvgIpc) is 1.96. The average molecular weight is 170 g/mol. The van der Waals surface area contributed by atoms with Crippen molar-refractivity contribution in [2.45, 2.75) is 0 Å². The van der Waals surface area contributed by atoms with Gasteiger partial charge in [-0.05, 0) is 0 Å². The van der Waals surface area contributed by atoms with Crippen molar-refractivity contribution >= 4 is 17.5 Å². The Balaban J connectivity index is 3.38. The smallest absolute Gasteiger partial charge is 0.277 e. The van der Waals surface area contributed by atoms with Crippen LogP contribution in [0.2, 0.25) is 0 Å². The topological polar surface area (TPSA) is 127 Å². The van der Waals surface area contributed by atoms with Gasteiger partial charge in [-0.25, -0.2) is 5.84 Å². The maximum Gasteiger partial charge on any atom is 0.277 e. The van der Waals surface area contributed by atoms with E-state index in [9.17, 15) is 4.79 Å². The van der Waals surface area contributed by atoms with Crippen LogP contribution in [0, 0.1) is 0 Å². The van der Waals surface area contributed by atoms with Gasteiger partial charge in [0.25, 0.3) is 5.56 Å². The Kier molecular flexibility index (Phi) is 1.88. The van der Waals surface area contributed by atoms with E-state index in [1.807, 2.05) is 0 Å². The zero-order chi connectivity index (χ0) is 9.30. The number of H-pyrrole nitrogens is 1. The summed E-state index contributed by atoms with van der Waals surface area (Å²) in [6.45, 7) is 0. The number of nitrogens with one attached hydrogen (secondary N) is 1. The highest BCUT2D eigenvalue weighted by Gasteiger charge is 2.08. The standard InChI is InChI=1S/C5H10N6O/c1-11(8)3-2(6)4(12)10-5(7)9-3/h6,8H2,1H3,(H3,7,9,10,12). The maximum absolute atomic E-state index is 11.0. The minimum Gasteiger partial charge on any atom is -0.391 e. The first-order valence-electron chi connectivity index (χ1n) is 3.16. The van der Waals surface area contributed by atoms with E-state index in [2.05, 4.69) is 9.97 Å². The summed E-state index contributed by atoms with van der Waals surface area (Å²) in [6.07, 6.45) is 0. The Morgan fingerprint density at radius 2 is 2.08 bits per heavy atom. The minimum atomic E-state index is -0.491. The summed E-state index contributed by atoms with van der Waals surface area (Å²) < 4.78 is 0. The predicted molar refractivity (Wildman–Crippen MR) is 46.3 cm³/mol. The normalized spacial score (nSPS) is 9.83. The number of hydrogen-bond acceptors (Lipinski definition) is 6. The lowest BCUT2D eigenvalue weighted by Gasteiger charge is -2.12. The SMILES string of the molecule is CN(N)c1nc(N)[nH]c(=O)c1N. The Labute approximate surface area is 68.1 Å². The lowest BCUT2D eigenvalue weighted by atomic mass is 10.5. The Morgan fingerprint density at radius 3 is 2.58 bits per heavy atom. The van der Waals surface area contributed by atoms with Crippen LogP contribution in [-0.4, -0.2) is 17.0 Å². The first kappa shape index (κ1) is 8.34. The van der Waals surface area contributed by atoms with Gasteiger partial charge in [-0.3, -0.25) is 14.8 Å². The fraction of sp³-hybridized carbons (Fsp3) is 0.200. The van der Waals surface area contributed by atoms with Crippen LogP contribution < -0.4 is 27.9 Å². The van der Waals surface area contributed by atoms with Gasteiger partial charge < -0.3 is 11.5 Å². The van der Waals surface area contributed by atoms with Gasteiger partial charge in [0.05, 0.1) is 0 Å². The summed E-state index contributed by atoms with van der Waals surface area (Å²) in [5, 5.41) is 1.13. The van der Waals surface area contributed by atoms with E-state index in [0.717, 1.165) is 5.01 Å². The highest BCUT2D eigenvalue weighted by molar-refractivity contribution is 5.61. The van der Waals surface area contributed by atoms with Gasteiger partial charge in [0.15, 0.2) is 5.82 Å². The van der Waals surface area contributed by atoms with Gasteiger partial charge in [-0.15, -0.1) is 0 Å². The molecule has 1 aromatic rings. The van der Waals surface area contributed by atoms with Crippen LogP contribution in [0.3, 0.4) is 0 Å². The van der Waals surface area contributed by atoms with E-state index >= 15 is 0 Å². The molecule has 1 aromatic heterocycles. The quantitative estimate of drug-likeness (QED) is 0.292. The van der Waals surface area contributed by atoms with Crippen LogP contribution in [0.25, 0.3) is 0 Å². The second kappa shape index (κ2) is 2.70. The Hall–Kier alpha value is -1.76. The second-order valence-corrected chi connectivity index (χ2v) is 2.30. The van der Waals surface area contributed by atoms with E-state index < -0.39 is 5.56 Å². The molecule has 0 bridgehead atoms. The minimum absolute atomic E-state index is 0.0125. The first-order valence-corrected chi connectivity index (χ1v) is 3.16. The molecule has 7 nitrogen and oxygen atoms in total. The largest absolute Gasteiger partial charge is 0.391 e. The number of aromatic amines is 1. The number of nitrogens with two attached hydrogens (primary N) is 3. The van der Waals surface area contributed by atoms with Crippen LogP contribution in [0.15, 0.2) is 4.79 Å². The number of anilines is 3. The first-order chi connectivity index (χ1) is 5.52. The summed E-state index contributed by atoms with van der Waals surface area (Å²) in [4.78, 5) is 17.0. The fourth-order valence-corrected chi connectivity index (χ4v) is 0.756. The molecule has 12 heavy (non-hydrogen) atoms. The van der Waals surface area contributed by atoms with Crippen molar-refractivity contribution in [2.75, 3.05) is 23.5 Å². The summed E-state index contributed by atoms with van der Waals surface area (Å²) in [7, 11) is 1.51. The van der Waals surface area contributed by atoms with Gasteiger partial charge in [0.2, 0.25) is 5.95 Å². The van der Waals surface area contributed by atoms with Crippen molar-refractivity contribution in [2.24, 2.45) is 5.84 Å². The van der Waals surface area contributed by atoms with Gasteiger partial charge in [0.1, 0.15) is 5.69 Å². The molecule has 66 valence electrons. The number of nitrogen functional groups attached to an aromatic ring is 2. The second-order valence-electron chi connectivity index (χ2n) is 2.30. The zero-order valence-electron chi connectivity index (χ0n) is 6.53. The molecule has 0 aliphatic carbocycles. The lowest BCUT2D eigenvalue weighted by Crippen LogP contribution is -2.30. The van der Waals surface area contributed by atoms with Gasteiger partial charge in [-0.2, -0.15) is 4.98 Å². The molecule has 0 aliphatic rings. The molecule has 0 amide bonds. The molecule has 0 unspecified atom stereocenters. The van der Waals surface area contributed by atoms with Crippen molar-refractivity contribution in [1.82, 2.24) is 9.97 Å². The molecule has 0 atom stereocenters. The summed E-state index contributed by atoms with van der Waals surface area (Å²) in [5.41, 5.74) is 10.1. The fourth-order valence-electron chi connectivity index (χ4n) is 0.756. The van der Waals surface area contributed by atoms with E-state index in [0.29, 0.717) is 0 Å². The van der Waals surface area contributed by atoms with E-state index in [4.69, 9.17) is 17.3 Å². The monoisotopic (exact) mass is 170 g/mol. The highest BCUT2D eigenvalue weighted by atomic mass is 16.1. The van der Waals surface area contributed by atoms with Crippen molar-refractivity contribution in [1.29, 1.82) is 0 Å². The molecule has 0 saturated carbocycles. The van der Waals surface area contributed by atoms with Gasteiger partial charge in [0, 0.05) is 7.05 Å². The molecule has 1 heterocycles. The maximum atomic E-state index is 11.0. The summed E-state index contributed by atoms with van der Waals surface area (Å²) in [5.74, 6) is 5.49. The van der Waals surface area contributed by atoms with Crippen LogP contribution >= 0.6 is 0 Å². The molecule has 0 saturated heterocycles. The molecule has 7 heteroatoms. The lowest BCUT2D eigenvalue weighted by molar-refractivity contribution is 0.964. The Morgan fingerprint density at radius 1 is 1.50 bits per heavy atom. The molecular formula is C5H10N6O. The van der Waals surface area contributed by atoms with Crippen molar-refractivity contribution in [3.63, 3.8) is 0 Å². The third-order valence-corrected chi connectivity index (χ3v) is 1.29. The molecule has 0 fully saturated rings. The van der Waals surface area contributed by atoms with Crippen LogP contribution in [0.1, 0.15) is 0 Å². The Bertz CT molecular complexity index is 342. The van der Waals surface area contributed by atoms with Crippen molar-refractivity contribution in [3.8, 4) is 0 Å². The molecule has 7 N–H and O–H groups in total. The third-order valence-electron chi connectivity index (χ3n) is 1.29. The molecule has 0 aromatic carbocycles. The van der Waals surface area contributed by atoms with Crippen LogP contribution in [-0.2, 0) is 0 Å². The van der Waals surface area contributed by atoms with E-state index in [-0.39, 0.29) is 17.5 Å². The number of nitrogens with zero attached hydrogens (tertiary/aromatic N) is 2. The van der Waals surface area contributed by atoms with Gasteiger partial charge in [-0.1, -0.05) is 0 Å². The molecule has 0 spiro atoms. The van der Waals surface area contributed by atoms with Gasteiger partial charge >= 0.3 is 0 Å². The third kappa shape index (κ3) is 1.30. The number of rotatable bonds is 1. The van der Waals surface area contributed by atoms with Crippen LogP contribution in [0.5, 0.6) is 0 Å². The summed E-state index contributed by atoms with van der Waals surface area (Å²) in [6, 6.07) is 0. The van der Waals surface area contributed by atoms with E-state index in [1.54, 1.807) is 0 Å². The molecule has 0 radical (unpaired) electrons. The van der Waals surface area contributed by atoms with E-state index in [1.165, 1.54) is 7.05 Å². The predicted octanol–water partition coefficient (Wildman–Crippen LogP) is -1.76. The van der Waals surface area contributed by atoms with Crippen molar-refractivity contribution in [3.05, 3.63) is 10.4 Å². The van der Waals surface area contributed by atoms with Crippen molar-refractivity contribution < 1.29 is 0 Å². The summed E-state index contributed by atoms with van der Waals surface area (Å²) >= 11 is 0. The molecular weight excluding hydrogens is 160 g/mol. The highest BCUT2D eigenvalue weighted by Crippen LogP contribution is 2.11. The molecule has 0 aliphatic heterocycles.